The molecule has 0 aliphatic heterocycles. The van der Waals surface area contributed by atoms with Crippen molar-refractivity contribution in [2.45, 2.75) is 9.79 Å². The van der Waals surface area contributed by atoms with Crippen molar-refractivity contribution in [3.05, 3.63) is 18.2 Å². The van der Waals surface area contributed by atoms with Crippen molar-refractivity contribution >= 4 is 26.6 Å². The van der Waals surface area contributed by atoms with Crippen molar-refractivity contribution in [3.8, 4) is 0 Å². The molecule has 0 aliphatic rings. The van der Waals surface area contributed by atoms with E-state index in [4.69, 9.17) is 0 Å². The fourth-order valence-electron chi connectivity index (χ4n) is 0.852. The Kier molecular flexibility index (Phi) is 6.72. The summed E-state index contributed by atoms with van der Waals surface area (Å²) in [4.78, 5) is 2.85. The van der Waals surface area contributed by atoms with Gasteiger partial charge in [-0.15, -0.1) is 0 Å². The number of hydrogen-bond acceptors (Lipinski definition) is 2. The van der Waals surface area contributed by atoms with E-state index in [-0.39, 0.29) is 5.48 Å². The van der Waals surface area contributed by atoms with E-state index in [1.54, 1.807) is 3.07 Å². The molecule has 0 spiro atoms. The average molecular weight is 388 g/mol. The first-order chi connectivity index (χ1) is 5.27. The maximum atomic E-state index is 2.29. The van der Waals surface area contributed by atoms with Crippen LogP contribution in [0.25, 0.3) is 0 Å². The standard InChI is InChI=1S/C8H9S2.Hg.H2O/c1-9-7-4-3-5-8(6-7)10-2;;/h3-4,6H,1-2H3;;1H2. The minimum Gasteiger partial charge on any atom is -0.412 e. The maximum Gasteiger partial charge on any atom is -0.412 e. The monoisotopic (exact) mass is 389 g/mol. The van der Waals surface area contributed by atoms with Crippen LogP contribution < -0.4 is 3.07 Å². The van der Waals surface area contributed by atoms with E-state index in [2.05, 4.69) is 30.7 Å². The van der Waals surface area contributed by atoms with Crippen LogP contribution >= 0.6 is 23.5 Å². The molecule has 0 fully saturated rings. The first kappa shape index (κ1) is 12.8. The maximum absolute atomic E-state index is 2.29. The van der Waals surface area contributed by atoms with Crippen LogP contribution in [0.5, 0.6) is 0 Å². The van der Waals surface area contributed by atoms with Crippen molar-refractivity contribution in [1.82, 2.24) is 0 Å². The molecule has 0 radical (unpaired) electrons. The molecule has 63 valence electrons. The Morgan fingerprint density at radius 1 is 1.17 bits per heavy atom. The Morgan fingerprint density at radius 3 is 2.33 bits per heavy atom. The molecule has 1 rings (SSSR count). The summed E-state index contributed by atoms with van der Waals surface area (Å²) in [5, 5.41) is 0. The molecule has 0 saturated heterocycles. The number of rotatable bonds is 2. The molecule has 1 nitrogen and oxygen atoms in total. The molecule has 0 aromatic heterocycles. The molecule has 0 heterocycles. The Hall–Kier alpha value is 0.815. The van der Waals surface area contributed by atoms with Crippen LogP contribution in [0, 0.1) is 0 Å². The van der Waals surface area contributed by atoms with Crippen molar-refractivity contribution in [3.63, 3.8) is 0 Å². The third-order valence-corrected chi connectivity index (χ3v) is 6.43. The third-order valence-electron chi connectivity index (χ3n) is 1.49. The Labute approximate surface area is 98.0 Å². The molecule has 2 N–H and O–H groups in total. The van der Waals surface area contributed by atoms with Crippen LogP contribution in [-0.4, -0.2) is 18.0 Å². The van der Waals surface area contributed by atoms with Crippen molar-refractivity contribution < 1.29 is 31.6 Å². The largest absolute Gasteiger partial charge is 0.412 e. The molecule has 4 heteroatoms. The second kappa shape index (κ2) is 6.30. The predicted molar refractivity (Wildman–Crippen MR) is 53.3 cm³/mol. The zero-order valence-electron chi connectivity index (χ0n) is 7.26. The summed E-state index contributed by atoms with van der Waals surface area (Å²) in [5.41, 5.74) is 0. The van der Waals surface area contributed by atoms with Crippen LogP contribution in [0.3, 0.4) is 0 Å². The second-order valence-corrected chi connectivity index (χ2v) is 6.87. The molecule has 12 heavy (non-hydrogen) atoms. The molecular weight excluding hydrogens is 377 g/mol. The summed E-state index contributed by atoms with van der Waals surface area (Å²) in [6, 6.07) is 6.77. The summed E-state index contributed by atoms with van der Waals surface area (Å²) < 4.78 is 1.57. The van der Waals surface area contributed by atoms with E-state index in [1.807, 2.05) is 23.5 Å². The van der Waals surface area contributed by atoms with Crippen LogP contribution in [0.15, 0.2) is 28.0 Å². The number of hydrogen-bond donors (Lipinski definition) is 0. The molecular formula is C8H11HgOS2. The van der Waals surface area contributed by atoms with Crippen LogP contribution in [0.1, 0.15) is 0 Å². The third kappa shape index (κ3) is 3.28. The Bertz CT molecular complexity index is 253. The van der Waals surface area contributed by atoms with Gasteiger partial charge in [0.25, 0.3) is 0 Å². The van der Waals surface area contributed by atoms with Gasteiger partial charge in [-0.25, -0.2) is 0 Å². The van der Waals surface area contributed by atoms with Crippen molar-refractivity contribution in [2.24, 2.45) is 0 Å². The van der Waals surface area contributed by atoms with E-state index in [1.165, 1.54) is 9.79 Å². The van der Waals surface area contributed by atoms with Gasteiger partial charge < -0.3 is 5.48 Å². The normalized spacial score (nSPS) is 9.33. The van der Waals surface area contributed by atoms with E-state index < -0.39 is 0 Å². The zero-order chi connectivity index (χ0) is 8.27. The van der Waals surface area contributed by atoms with Gasteiger partial charge in [0.1, 0.15) is 0 Å². The molecule has 0 unspecified atom stereocenters. The minimum atomic E-state index is 0. The fraction of sp³-hybridized carbons (Fsp3) is 0.250. The first-order valence-electron chi connectivity index (χ1n) is 3.32. The molecule has 1 aromatic rings. The second-order valence-electron chi connectivity index (χ2n) is 2.18. The van der Waals surface area contributed by atoms with E-state index in [0.29, 0.717) is 0 Å². The average Bonchev–Trinajstić information content (AvgIpc) is 2.05. The van der Waals surface area contributed by atoms with Gasteiger partial charge in [0.05, 0.1) is 0 Å². The summed E-state index contributed by atoms with van der Waals surface area (Å²) in [6.45, 7) is 0. The van der Waals surface area contributed by atoms with Crippen LogP contribution in [-0.2, 0) is 26.1 Å². The molecule has 0 amide bonds. The fourth-order valence-corrected chi connectivity index (χ4v) is 4.48. The Morgan fingerprint density at radius 2 is 1.83 bits per heavy atom. The smallest absolute Gasteiger partial charge is 0.412 e. The van der Waals surface area contributed by atoms with Crippen LogP contribution in [0.4, 0.5) is 0 Å². The van der Waals surface area contributed by atoms with E-state index >= 15 is 0 Å². The van der Waals surface area contributed by atoms with Gasteiger partial charge in [0.2, 0.25) is 0 Å². The summed E-state index contributed by atoms with van der Waals surface area (Å²) in [6.07, 6.45) is 4.27. The predicted octanol–water partition coefficient (Wildman–Crippen LogP) is 1.48. The Balaban J connectivity index is 0.00000121. The van der Waals surface area contributed by atoms with Crippen molar-refractivity contribution in [2.75, 3.05) is 12.5 Å². The topological polar surface area (TPSA) is 31.5 Å². The zero-order valence-corrected chi connectivity index (χ0v) is 14.4. The van der Waals surface area contributed by atoms with E-state index in [9.17, 15) is 0 Å². The minimum absolute atomic E-state index is 0. The van der Waals surface area contributed by atoms with Crippen LogP contribution in [0.2, 0.25) is 0 Å². The molecule has 0 saturated carbocycles. The van der Waals surface area contributed by atoms with Gasteiger partial charge >= 0.3 is 93.2 Å². The van der Waals surface area contributed by atoms with Crippen molar-refractivity contribution in [1.29, 1.82) is 0 Å². The molecule has 1 aromatic carbocycles. The van der Waals surface area contributed by atoms with Gasteiger partial charge in [-0.1, -0.05) is 0 Å². The molecule has 0 aliphatic carbocycles. The molecule has 0 bridgehead atoms. The van der Waals surface area contributed by atoms with Gasteiger partial charge in [0, 0.05) is 0 Å². The van der Waals surface area contributed by atoms with E-state index in [0.717, 1.165) is 26.1 Å². The first-order valence-corrected chi connectivity index (χ1v) is 8.51. The SMILES string of the molecule is CSc1cc[c]([Hg])c(SC)c1.O. The van der Waals surface area contributed by atoms with Gasteiger partial charge in [0.15, 0.2) is 0 Å². The van der Waals surface area contributed by atoms with Gasteiger partial charge in [-0.05, 0) is 0 Å². The summed E-state index contributed by atoms with van der Waals surface area (Å²) in [5.74, 6) is 0. The molecule has 0 atom stereocenters. The number of thioether (sulfide) groups is 2. The summed E-state index contributed by atoms with van der Waals surface area (Å²) in [7, 11) is 0. The quantitative estimate of drug-likeness (QED) is 0.568. The van der Waals surface area contributed by atoms with Gasteiger partial charge in [-0.3, -0.25) is 0 Å². The van der Waals surface area contributed by atoms with Gasteiger partial charge in [-0.2, -0.15) is 0 Å². The number of benzene rings is 1. The summed E-state index contributed by atoms with van der Waals surface area (Å²) >= 11 is 4.43.